The first-order chi connectivity index (χ1) is 14.1. The van der Waals surface area contributed by atoms with Crippen LogP contribution in [0.1, 0.15) is 40.7 Å². The van der Waals surface area contributed by atoms with Crippen LogP contribution in [0.2, 0.25) is 0 Å². The largest absolute Gasteiger partial charge is 0.497 e. The molecule has 0 radical (unpaired) electrons. The average Bonchev–Trinajstić information content (AvgIpc) is 3.40. The minimum Gasteiger partial charge on any atom is -0.497 e. The van der Waals surface area contributed by atoms with Crippen molar-refractivity contribution in [2.24, 2.45) is 0 Å². The molecule has 29 heavy (non-hydrogen) atoms. The number of aryl methyl sites for hydroxylation is 1. The Bertz CT molecular complexity index is 1010. The van der Waals surface area contributed by atoms with Gasteiger partial charge in [0.25, 0.3) is 5.91 Å². The first kappa shape index (κ1) is 19.1. The van der Waals surface area contributed by atoms with Gasteiger partial charge in [-0.2, -0.15) is 0 Å². The van der Waals surface area contributed by atoms with Gasteiger partial charge in [-0.1, -0.05) is 18.2 Å². The van der Waals surface area contributed by atoms with Gasteiger partial charge in [0.15, 0.2) is 5.69 Å². The molecule has 1 aliphatic heterocycles. The molecule has 1 atom stereocenters. The maximum atomic E-state index is 13.4. The number of aromatic nitrogens is 1. The molecule has 1 saturated heterocycles. The summed E-state index contributed by atoms with van der Waals surface area (Å²) >= 11 is 0. The standard InChI is InChI=1S/C23H24N2O4/c1-15-21(24-22(29-15)16-8-5-4-6-9-16)23(26)25-13-7-10-19(25)18-12-11-17(27-2)14-20(18)28-3/h4-6,8-9,11-12,14,19H,7,10,13H2,1-3H3/t19-/m0/s1. The van der Waals surface area contributed by atoms with Gasteiger partial charge in [-0.05, 0) is 44.0 Å². The minimum atomic E-state index is -0.117. The highest BCUT2D eigenvalue weighted by atomic mass is 16.5. The van der Waals surface area contributed by atoms with Crippen molar-refractivity contribution in [2.45, 2.75) is 25.8 Å². The third-order valence-corrected chi connectivity index (χ3v) is 5.33. The van der Waals surface area contributed by atoms with E-state index < -0.39 is 0 Å². The van der Waals surface area contributed by atoms with Crippen molar-refractivity contribution in [1.29, 1.82) is 0 Å². The molecular formula is C23H24N2O4. The van der Waals surface area contributed by atoms with E-state index in [2.05, 4.69) is 4.98 Å². The lowest BCUT2D eigenvalue weighted by Crippen LogP contribution is -2.31. The van der Waals surface area contributed by atoms with Crippen LogP contribution < -0.4 is 9.47 Å². The molecular weight excluding hydrogens is 368 g/mol. The van der Waals surface area contributed by atoms with E-state index in [1.54, 1.807) is 21.1 Å². The van der Waals surface area contributed by atoms with Gasteiger partial charge in [-0.25, -0.2) is 4.98 Å². The van der Waals surface area contributed by atoms with E-state index in [-0.39, 0.29) is 11.9 Å². The molecule has 2 heterocycles. The topological polar surface area (TPSA) is 64.8 Å². The number of amides is 1. The number of methoxy groups -OCH3 is 2. The molecule has 3 aromatic rings. The number of oxazole rings is 1. The van der Waals surface area contributed by atoms with E-state index >= 15 is 0 Å². The number of rotatable bonds is 5. The average molecular weight is 392 g/mol. The van der Waals surface area contributed by atoms with Crippen LogP contribution in [0.15, 0.2) is 52.9 Å². The first-order valence-corrected chi connectivity index (χ1v) is 9.68. The molecule has 150 valence electrons. The highest BCUT2D eigenvalue weighted by Crippen LogP contribution is 2.39. The van der Waals surface area contributed by atoms with E-state index in [0.717, 1.165) is 35.5 Å². The Morgan fingerprint density at radius 2 is 1.93 bits per heavy atom. The monoisotopic (exact) mass is 392 g/mol. The molecule has 0 aliphatic carbocycles. The van der Waals surface area contributed by atoms with Gasteiger partial charge < -0.3 is 18.8 Å². The lowest BCUT2D eigenvalue weighted by molar-refractivity contribution is 0.0727. The Kier molecular flexibility index (Phi) is 5.25. The van der Waals surface area contributed by atoms with Gasteiger partial charge in [-0.15, -0.1) is 0 Å². The van der Waals surface area contributed by atoms with Crippen LogP contribution in [0.4, 0.5) is 0 Å². The number of hydrogen-bond acceptors (Lipinski definition) is 5. The van der Waals surface area contributed by atoms with Crippen molar-refractivity contribution in [3.05, 3.63) is 65.5 Å². The second-order valence-electron chi connectivity index (χ2n) is 7.05. The number of benzene rings is 2. The summed E-state index contributed by atoms with van der Waals surface area (Å²) in [5.41, 5.74) is 2.19. The fraction of sp³-hybridized carbons (Fsp3) is 0.304. The van der Waals surface area contributed by atoms with Crippen LogP contribution in [0.25, 0.3) is 11.5 Å². The fourth-order valence-electron chi connectivity index (χ4n) is 3.86. The van der Waals surface area contributed by atoms with Crippen LogP contribution in [-0.4, -0.2) is 36.6 Å². The normalized spacial score (nSPS) is 16.1. The lowest BCUT2D eigenvalue weighted by atomic mass is 10.0. The van der Waals surface area contributed by atoms with Gasteiger partial charge in [-0.3, -0.25) is 4.79 Å². The predicted octanol–water partition coefficient (Wildman–Crippen LogP) is 4.64. The summed E-state index contributed by atoms with van der Waals surface area (Å²) in [6.07, 6.45) is 1.80. The van der Waals surface area contributed by atoms with E-state index in [0.29, 0.717) is 23.9 Å². The Labute approximate surface area is 170 Å². The summed E-state index contributed by atoms with van der Waals surface area (Å²) in [6.45, 7) is 2.46. The molecule has 0 spiro atoms. The Morgan fingerprint density at radius 3 is 2.66 bits per heavy atom. The maximum Gasteiger partial charge on any atom is 0.276 e. The van der Waals surface area contributed by atoms with Gasteiger partial charge >= 0.3 is 0 Å². The molecule has 1 amide bonds. The van der Waals surface area contributed by atoms with Gasteiger partial charge in [0.2, 0.25) is 5.89 Å². The number of carbonyl (C=O) groups is 1. The fourth-order valence-corrected chi connectivity index (χ4v) is 3.86. The maximum absolute atomic E-state index is 13.4. The van der Waals surface area contributed by atoms with Crippen LogP contribution in [-0.2, 0) is 0 Å². The van der Waals surface area contributed by atoms with E-state index in [1.165, 1.54) is 0 Å². The third-order valence-electron chi connectivity index (χ3n) is 5.33. The number of likely N-dealkylation sites (tertiary alicyclic amines) is 1. The number of nitrogens with zero attached hydrogens (tertiary/aromatic N) is 2. The first-order valence-electron chi connectivity index (χ1n) is 9.68. The van der Waals surface area contributed by atoms with Gasteiger partial charge in [0, 0.05) is 23.7 Å². The van der Waals surface area contributed by atoms with E-state index in [9.17, 15) is 4.79 Å². The summed E-state index contributed by atoms with van der Waals surface area (Å²) in [6, 6.07) is 15.3. The van der Waals surface area contributed by atoms with Crippen molar-refractivity contribution in [3.63, 3.8) is 0 Å². The summed E-state index contributed by atoms with van der Waals surface area (Å²) in [5.74, 6) is 2.32. The predicted molar refractivity (Wildman–Crippen MR) is 109 cm³/mol. The van der Waals surface area contributed by atoms with Crippen LogP contribution in [0, 0.1) is 6.92 Å². The third kappa shape index (κ3) is 3.58. The Balaban J connectivity index is 1.65. The van der Waals surface area contributed by atoms with Crippen molar-refractivity contribution >= 4 is 5.91 Å². The molecule has 4 rings (SSSR count). The number of carbonyl (C=O) groups excluding carboxylic acids is 1. The summed E-state index contributed by atoms with van der Waals surface area (Å²) in [5, 5.41) is 0. The highest BCUT2D eigenvalue weighted by Gasteiger charge is 2.35. The molecule has 0 bridgehead atoms. The second kappa shape index (κ2) is 7.99. The zero-order valence-corrected chi connectivity index (χ0v) is 16.8. The molecule has 0 saturated carbocycles. The van der Waals surface area contributed by atoms with Crippen molar-refractivity contribution in [1.82, 2.24) is 9.88 Å². The molecule has 2 aromatic carbocycles. The van der Waals surface area contributed by atoms with Gasteiger partial charge in [0.1, 0.15) is 17.3 Å². The number of ether oxygens (including phenoxy) is 2. The zero-order valence-electron chi connectivity index (χ0n) is 16.8. The Hall–Kier alpha value is -3.28. The molecule has 6 heteroatoms. The molecule has 0 unspecified atom stereocenters. The van der Waals surface area contributed by atoms with E-state index in [4.69, 9.17) is 13.9 Å². The molecule has 0 N–H and O–H groups in total. The van der Waals surface area contributed by atoms with Crippen LogP contribution >= 0.6 is 0 Å². The molecule has 1 aromatic heterocycles. The SMILES string of the molecule is COc1ccc([C@@H]2CCCN2C(=O)c2nc(-c3ccccc3)oc2C)c(OC)c1. The lowest BCUT2D eigenvalue weighted by Gasteiger charge is -2.26. The van der Waals surface area contributed by atoms with Crippen molar-refractivity contribution < 1.29 is 18.7 Å². The zero-order chi connectivity index (χ0) is 20.4. The molecule has 1 fully saturated rings. The molecule has 6 nitrogen and oxygen atoms in total. The number of hydrogen-bond donors (Lipinski definition) is 0. The van der Waals surface area contributed by atoms with Crippen molar-refractivity contribution in [3.8, 4) is 23.0 Å². The minimum absolute atomic E-state index is 0.0698. The summed E-state index contributed by atoms with van der Waals surface area (Å²) in [4.78, 5) is 19.7. The second-order valence-corrected chi connectivity index (χ2v) is 7.05. The van der Waals surface area contributed by atoms with Crippen LogP contribution in [0.3, 0.4) is 0 Å². The highest BCUT2D eigenvalue weighted by molar-refractivity contribution is 5.94. The van der Waals surface area contributed by atoms with Crippen molar-refractivity contribution in [2.75, 3.05) is 20.8 Å². The Morgan fingerprint density at radius 1 is 1.14 bits per heavy atom. The smallest absolute Gasteiger partial charge is 0.276 e. The summed E-state index contributed by atoms with van der Waals surface area (Å²) in [7, 11) is 3.25. The van der Waals surface area contributed by atoms with Crippen LogP contribution in [0.5, 0.6) is 11.5 Å². The quantitative estimate of drug-likeness (QED) is 0.633. The van der Waals surface area contributed by atoms with E-state index in [1.807, 2.05) is 53.4 Å². The molecule has 1 aliphatic rings. The van der Waals surface area contributed by atoms with Gasteiger partial charge in [0.05, 0.1) is 20.3 Å². The summed E-state index contributed by atoms with van der Waals surface area (Å²) < 4.78 is 16.7.